The number of hydrogen-bond acceptors (Lipinski definition) is 8. The van der Waals surface area contributed by atoms with Crippen molar-refractivity contribution in [3.05, 3.63) is 48.1 Å². The Morgan fingerprint density at radius 1 is 1.17 bits per heavy atom. The lowest BCUT2D eigenvalue weighted by Gasteiger charge is -2.42. The number of aromatic nitrogens is 5. The Kier molecular flexibility index (Phi) is 9.19. The molecule has 0 aliphatic carbocycles. The van der Waals surface area contributed by atoms with Gasteiger partial charge < -0.3 is 24.5 Å². The Balaban J connectivity index is 1.36. The minimum atomic E-state index is -4.54. The number of carbonyl (C=O) groups excluding carboxylic acids is 1. The van der Waals surface area contributed by atoms with E-state index in [2.05, 4.69) is 30.8 Å². The number of anilines is 1. The number of likely N-dealkylation sites (tertiary alicyclic amines) is 1. The highest BCUT2D eigenvalue weighted by Gasteiger charge is 2.35. The maximum absolute atomic E-state index is 15.3. The van der Waals surface area contributed by atoms with E-state index in [4.69, 9.17) is 9.26 Å². The van der Waals surface area contributed by atoms with Gasteiger partial charge in [-0.25, -0.2) is 4.39 Å². The highest BCUT2D eigenvalue weighted by atomic mass is 19.4. The predicted molar refractivity (Wildman–Crippen MR) is 164 cm³/mol. The van der Waals surface area contributed by atoms with Gasteiger partial charge in [0.1, 0.15) is 12.7 Å². The molecule has 3 aromatic heterocycles. The van der Waals surface area contributed by atoms with Crippen molar-refractivity contribution in [2.45, 2.75) is 83.6 Å². The molecule has 0 radical (unpaired) electrons. The Morgan fingerprint density at radius 2 is 1.93 bits per heavy atom. The van der Waals surface area contributed by atoms with Crippen LogP contribution in [-0.4, -0.2) is 86.0 Å². The molecule has 1 aliphatic rings. The number of halogens is 4. The van der Waals surface area contributed by atoms with Gasteiger partial charge in [-0.15, -0.1) is 0 Å². The lowest BCUT2D eigenvalue weighted by molar-refractivity contribution is -0.139. The summed E-state index contributed by atoms with van der Waals surface area (Å²) in [5.74, 6) is -0.518. The van der Waals surface area contributed by atoms with Crippen LogP contribution in [0.2, 0.25) is 0 Å². The predicted octanol–water partition coefficient (Wildman–Crippen LogP) is 5.38. The molecular formula is C31H40F4N8O3. The highest BCUT2D eigenvalue weighted by Crippen LogP contribution is 2.35. The summed E-state index contributed by atoms with van der Waals surface area (Å²) in [5, 5.41) is 14.6. The molecule has 250 valence electrons. The van der Waals surface area contributed by atoms with Crippen LogP contribution in [0.3, 0.4) is 0 Å². The zero-order valence-corrected chi connectivity index (χ0v) is 26.8. The highest BCUT2D eigenvalue weighted by molar-refractivity contribution is 5.96. The molecule has 1 aliphatic heterocycles. The van der Waals surface area contributed by atoms with E-state index in [-0.39, 0.29) is 41.6 Å². The first-order valence-corrected chi connectivity index (χ1v) is 15.1. The number of hydrogen-bond donors (Lipinski definition) is 2. The van der Waals surface area contributed by atoms with E-state index in [0.717, 1.165) is 4.57 Å². The minimum absolute atomic E-state index is 0.00324. The van der Waals surface area contributed by atoms with Crippen LogP contribution in [0.25, 0.3) is 22.4 Å². The summed E-state index contributed by atoms with van der Waals surface area (Å²) < 4.78 is 69.8. The van der Waals surface area contributed by atoms with Crippen molar-refractivity contribution in [1.82, 2.24) is 34.7 Å². The fourth-order valence-corrected chi connectivity index (χ4v) is 5.70. The fourth-order valence-electron chi connectivity index (χ4n) is 5.70. The van der Waals surface area contributed by atoms with Crippen molar-refractivity contribution in [2.75, 3.05) is 32.1 Å². The average Bonchev–Trinajstić information content (AvgIpc) is 3.71. The topological polar surface area (TPSA) is 115 Å². The number of nitrogens with one attached hydrogen (secondary N) is 2. The molecule has 4 heterocycles. The van der Waals surface area contributed by atoms with Gasteiger partial charge in [0, 0.05) is 43.0 Å². The zero-order chi connectivity index (χ0) is 33.4. The number of ether oxygens (including phenoxy) is 1. The number of nitrogens with zero attached hydrogens (tertiary/aromatic N) is 6. The number of methoxy groups -OCH3 is 1. The zero-order valence-electron chi connectivity index (χ0n) is 26.8. The van der Waals surface area contributed by atoms with E-state index >= 15 is 4.39 Å². The largest absolute Gasteiger partial charge is 0.406 e. The third kappa shape index (κ3) is 7.35. The smallest absolute Gasteiger partial charge is 0.382 e. The summed E-state index contributed by atoms with van der Waals surface area (Å²) in [5.41, 5.74) is 0.527. The number of carbonyl (C=O) groups is 1. The van der Waals surface area contributed by atoms with E-state index in [0.29, 0.717) is 36.2 Å². The summed E-state index contributed by atoms with van der Waals surface area (Å²) >= 11 is 0. The Bertz CT molecular complexity index is 1670. The molecule has 11 nitrogen and oxygen atoms in total. The molecule has 15 heteroatoms. The summed E-state index contributed by atoms with van der Waals surface area (Å²) in [6, 6.07) is 5.97. The van der Waals surface area contributed by atoms with Crippen LogP contribution in [0.1, 0.15) is 57.3 Å². The molecule has 1 saturated heterocycles. The van der Waals surface area contributed by atoms with E-state index in [9.17, 15) is 18.0 Å². The van der Waals surface area contributed by atoms with Crippen LogP contribution in [0, 0.1) is 0 Å². The summed E-state index contributed by atoms with van der Waals surface area (Å²) in [7, 11) is 1.58. The second-order valence-corrected chi connectivity index (χ2v) is 13.3. The van der Waals surface area contributed by atoms with Crippen LogP contribution in [0.15, 0.2) is 41.2 Å². The summed E-state index contributed by atoms with van der Waals surface area (Å²) in [4.78, 5) is 19.1. The van der Waals surface area contributed by atoms with E-state index < -0.39 is 36.4 Å². The van der Waals surface area contributed by atoms with Crippen LogP contribution in [-0.2, 0) is 23.4 Å². The van der Waals surface area contributed by atoms with Gasteiger partial charge >= 0.3 is 6.18 Å². The quantitative estimate of drug-likeness (QED) is 0.220. The molecule has 0 bridgehead atoms. The maximum atomic E-state index is 15.3. The Labute approximate surface area is 264 Å². The van der Waals surface area contributed by atoms with Crippen molar-refractivity contribution >= 4 is 22.5 Å². The van der Waals surface area contributed by atoms with Crippen molar-refractivity contribution < 1.29 is 31.6 Å². The molecule has 2 atom stereocenters. The first-order chi connectivity index (χ1) is 21.6. The first-order valence-electron chi connectivity index (χ1n) is 15.1. The average molecular weight is 649 g/mol. The van der Waals surface area contributed by atoms with Gasteiger partial charge in [0.2, 0.25) is 11.7 Å². The van der Waals surface area contributed by atoms with Crippen LogP contribution < -0.4 is 10.6 Å². The Morgan fingerprint density at radius 3 is 2.61 bits per heavy atom. The van der Waals surface area contributed by atoms with Gasteiger partial charge in [0.05, 0.1) is 47.7 Å². The van der Waals surface area contributed by atoms with Gasteiger partial charge in [-0.3, -0.25) is 14.4 Å². The first kappa shape index (κ1) is 33.4. The SMILES string of the molecule is COCC(C)(C)n1cc(C(=O)NCc2nc(-c3cc4c(N[C@H]5CCN(C(C)(C)C)C[C@@H]5F)cccc4n3CC(F)(F)F)no2)cn1. The maximum Gasteiger partial charge on any atom is 0.406 e. The number of amides is 1. The fraction of sp³-hybridized carbons (Fsp3) is 0.548. The number of benzene rings is 1. The van der Waals surface area contributed by atoms with Gasteiger partial charge in [0.25, 0.3) is 5.91 Å². The molecule has 2 N–H and O–H groups in total. The molecule has 1 aromatic carbocycles. The van der Waals surface area contributed by atoms with Crippen molar-refractivity contribution in [3.63, 3.8) is 0 Å². The lowest BCUT2D eigenvalue weighted by Crippen LogP contribution is -2.54. The third-order valence-corrected chi connectivity index (χ3v) is 8.17. The van der Waals surface area contributed by atoms with E-state index in [1.807, 2.05) is 34.6 Å². The molecule has 5 rings (SSSR count). The van der Waals surface area contributed by atoms with Gasteiger partial charge in [-0.05, 0) is 59.2 Å². The van der Waals surface area contributed by atoms with Gasteiger partial charge in [-0.2, -0.15) is 23.3 Å². The molecule has 1 amide bonds. The molecule has 0 spiro atoms. The van der Waals surface area contributed by atoms with Crippen molar-refractivity contribution in [3.8, 4) is 11.5 Å². The summed E-state index contributed by atoms with van der Waals surface area (Å²) in [6.07, 6.45) is -2.16. The third-order valence-electron chi connectivity index (χ3n) is 8.17. The molecular weight excluding hydrogens is 608 g/mol. The molecule has 46 heavy (non-hydrogen) atoms. The van der Waals surface area contributed by atoms with Crippen LogP contribution >= 0.6 is 0 Å². The summed E-state index contributed by atoms with van der Waals surface area (Å²) in [6.45, 7) is 9.82. The van der Waals surface area contributed by atoms with Crippen molar-refractivity contribution in [2.24, 2.45) is 0 Å². The van der Waals surface area contributed by atoms with Crippen LogP contribution in [0.5, 0.6) is 0 Å². The molecule has 4 aromatic rings. The van der Waals surface area contributed by atoms with E-state index in [1.165, 1.54) is 6.20 Å². The monoisotopic (exact) mass is 648 g/mol. The second-order valence-electron chi connectivity index (χ2n) is 13.3. The molecule has 1 fully saturated rings. The minimum Gasteiger partial charge on any atom is -0.382 e. The van der Waals surface area contributed by atoms with Gasteiger partial charge in [0.15, 0.2) is 0 Å². The second kappa shape index (κ2) is 12.7. The van der Waals surface area contributed by atoms with E-state index in [1.54, 1.807) is 42.3 Å². The van der Waals surface area contributed by atoms with Crippen molar-refractivity contribution in [1.29, 1.82) is 0 Å². The standard InChI is InChI=1S/C31H40F4N8O3/c1-29(2,3)41-11-10-23(21(32)16-41)38-22-8-7-9-24-20(22)12-25(42(24)17-31(33,34)35)27-39-26(46-40-27)14-36-28(44)19-13-37-43(15-19)30(4,5)18-45-6/h7-9,12-13,15,21,23,38H,10-11,14,16-18H2,1-6H3,(H,36,44)/t21-,23-/m0/s1. The normalized spacial score (nSPS) is 18.3. The van der Waals surface area contributed by atoms with Gasteiger partial charge in [-0.1, -0.05) is 11.2 Å². The molecule has 0 saturated carbocycles. The number of piperidine rings is 1. The number of rotatable bonds is 10. The number of alkyl halides is 4. The molecule has 0 unspecified atom stereocenters. The Hall–Kier alpha value is -3.98. The number of fused-ring (bicyclic) bond motifs is 1. The lowest BCUT2D eigenvalue weighted by atomic mass is 9.96. The van der Waals surface area contributed by atoms with Crippen LogP contribution in [0.4, 0.5) is 23.2 Å².